The predicted octanol–water partition coefficient (Wildman–Crippen LogP) is 1.72. The number of hydrogen-bond donors (Lipinski definition) is 2. The summed E-state index contributed by atoms with van der Waals surface area (Å²) in [5.74, 6) is 0.967. The van der Waals surface area contributed by atoms with Crippen molar-refractivity contribution in [2.24, 2.45) is 5.92 Å². The third-order valence-electron chi connectivity index (χ3n) is 6.45. The van der Waals surface area contributed by atoms with Crippen molar-refractivity contribution in [2.75, 3.05) is 19.6 Å². The largest absolute Gasteiger partial charge is 0.332 e. The number of hydrogen-bond acceptors (Lipinski definition) is 0. The summed E-state index contributed by atoms with van der Waals surface area (Å²) in [6.07, 6.45) is 8.76. The Labute approximate surface area is 142 Å². The predicted molar refractivity (Wildman–Crippen MR) is 96.8 cm³/mol. The van der Waals surface area contributed by atoms with Crippen LogP contribution in [0.2, 0.25) is 0 Å². The van der Waals surface area contributed by atoms with Gasteiger partial charge in [0.2, 0.25) is 0 Å². The number of benzene rings is 1. The Hall–Kier alpha value is -0.860. The molecule has 1 saturated carbocycles. The highest BCUT2D eigenvalue weighted by Gasteiger charge is 2.34. The van der Waals surface area contributed by atoms with Crippen LogP contribution in [0.4, 0.5) is 0 Å². The van der Waals surface area contributed by atoms with Crippen LogP contribution >= 0.6 is 0 Å². The molecule has 2 heteroatoms. The van der Waals surface area contributed by atoms with Gasteiger partial charge in [-0.15, -0.1) is 0 Å². The first-order chi connectivity index (χ1) is 11.3. The lowest BCUT2D eigenvalue weighted by atomic mass is 9.85. The maximum Gasteiger partial charge on any atom is 0.103 e. The van der Waals surface area contributed by atoms with Gasteiger partial charge in [0.1, 0.15) is 6.54 Å². The van der Waals surface area contributed by atoms with Crippen LogP contribution in [-0.4, -0.2) is 31.7 Å². The van der Waals surface area contributed by atoms with E-state index >= 15 is 0 Å². The van der Waals surface area contributed by atoms with E-state index in [0.717, 1.165) is 18.0 Å². The smallest absolute Gasteiger partial charge is 0.103 e. The number of piperidine rings is 1. The molecule has 3 atom stereocenters. The monoisotopic (exact) mass is 316 g/mol. The molecule has 1 unspecified atom stereocenters. The highest BCUT2D eigenvalue weighted by molar-refractivity contribution is 5.13. The first kappa shape index (κ1) is 17.0. The zero-order chi connectivity index (χ0) is 16.1. The topological polar surface area (TPSA) is 8.88 Å². The van der Waals surface area contributed by atoms with E-state index < -0.39 is 0 Å². The van der Waals surface area contributed by atoms with Gasteiger partial charge in [-0.25, -0.2) is 0 Å². The fraction of sp³-hybridized carbons (Fsp3) is 0.714. The molecule has 2 nitrogen and oxygen atoms in total. The molecule has 128 valence electrons. The molecule has 0 amide bonds. The van der Waals surface area contributed by atoms with E-state index in [2.05, 4.69) is 44.2 Å². The van der Waals surface area contributed by atoms with Crippen LogP contribution < -0.4 is 9.80 Å². The zero-order valence-electron chi connectivity index (χ0n) is 15.2. The van der Waals surface area contributed by atoms with Gasteiger partial charge in [-0.3, -0.25) is 0 Å². The molecule has 1 aromatic carbocycles. The van der Waals surface area contributed by atoms with E-state index in [0.29, 0.717) is 0 Å². The molecule has 3 rings (SSSR count). The standard InChI is InChI=1S/C21H34N2/c1-3-22(17-19-9-5-4-6-10-19)20-12-14-23(15-13-20)21-11-7-8-18(2)16-21/h4-6,9-10,18,20-21H,3,7-8,11-17H2,1-2H3/p+2/t18-,21-/m0/s1. The molecule has 1 heterocycles. The first-order valence-electron chi connectivity index (χ1n) is 9.99. The van der Waals surface area contributed by atoms with Crippen molar-refractivity contribution < 1.29 is 9.80 Å². The minimum Gasteiger partial charge on any atom is -0.332 e. The molecule has 1 saturated heterocycles. The molecule has 1 aromatic rings. The summed E-state index contributed by atoms with van der Waals surface area (Å²) in [5.41, 5.74) is 1.50. The van der Waals surface area contributed by atoms with Gasteiger partial charge in [-0.2, -0.15) is 0 Å². The Bertz CT molecular complexity index is 450. The van der Waals surface area contributed by atoms with Gasteiger partial charge in [-0.05, 0) is 25.7 Å². The van der Waals surface area contributed by atoms with E-state index in [4.69, 9.17) is 0 Å². The molecule has 0 bridgehead atoms. The second-order valence-electron chi connectivity index (χ2n) is 8.08. The van der Waals surface area contributed by atoms with Crippen LogP contribution in [0.25, 0.3) is 0 Å². The lowest BCUT2D eigenvalue weighted by Crippen LogP contribution is -3.21. The molecule has 1 aliphatic carbocycles. The summed E-state index contributed by atoms with van der Waals surface area (Å²) in [5, 5.41) is 0. The Morgan fingerprint density at radius 2 is 1.78 bits per heavy atom. The third-order valence-corrected chi connectivity index (χ3v) is 6.45. The van der Waals surface area contributed by atoms with E-state index in [-0.39, 0.29) is 0 Å². The van der Waals surface area contributed by atoms with Crippen LogP contribution in [-0.2, 0) is 6.54 Å². The molecule has 0 aromatic heterocycles. The number of rotatable bonds is 5. The lowest BCUT2D eigenvalue weighted by molar-refractivity contribution is -0.974. The Morgan fingerprint density at radius 1 is 1.04 bits per heavy atom. The van der Waals surface area contributed by atoms with Gasteiger partial charge in [-0.1, -0.05) is 43.7 Å². The van der Waals surface area contributed by atoms with E-state index in [1.165, 1.54) is 70.3 Å². The number of likely N-dealkylation sites (tertiary alicyclic amines) is 1. The normalized spacial score (nSPS) is 33.3. The quantitative estimate of drug-likeness (QED) is 0.818. The molecule has 2 fully saturated rings. The van der Waals surface area contributed by atoms with Gasteiger partial charge in [0.15, 0.2) is 0 Å². The van der Waals surface area contributed by atoms with Crippen molar-refractivity contribution in [1.82, 2.24) is 0 Å². The Morgan fingerprint density at radius 3 is 2.43 bits per heavy atom. The van der Waals surface area contributed by atoms with Crippen molar-refractivity contribution in [3.8, 4) is 0 Å². The minimum atomic E-state index is 0.880. The van der Waals surface area contributed by atoms with Gasteiger partial charge in [0, 0.05) is 24.8 Å². The van der Waals surface area contributed by atoms with Crippen LogP contribution in [0, 0.1) is 5.92 Å². The summed E-state index contributed by atoms with van der Waals surface area (Å²) in [7, 11) is 0. The lowest BCUT2D eigenvalue weighted by Gasteiger charge is -2.39. The molecular formula is C21H36N2+2. The van der Waals surface area contributed by atoms with Crippen molar-refractivity contribution in [3.05, 3.63) is 35.9 Å². The first-order valence-corrected chi connectivity index (χ1v) is 9.99. The van der Waals surface area contributed by atoms with E-state index in [1.807, 2.05) is 4.90 Å². The van der Waals surface area contributed by atoms with Crippen LogP contribution in [0.5, 0.6) is 0 Å². The van der Waals surface area contributed by atoms with Crippen LogP contribution in [0.1, 0.15) is 57.9 Å². The average Bonchev–Trinajstić information content (AvgIpc) is 2.61. The van der Waals surface area contributed by atoms with Gasteiger partial charge >= 0.3 is 0 Å². The highest BCUT2D eigenvalue weighted by atomic mass is 15.2. The minimum absolute atomic E-state index is 0.880. The van der Waals surface area contributed by atoms with Crippen molar-refractivity contribution in [1.29, 1.82) is 0 Å². The van der Waals surface area contributed by atoms with Gasteiger partial charge < -0.3 is 9.80 Å². The third kappa shape index (κ3) is 4.58. The van der Waals surface area contributed by atoms with E-state index in [1.54, 1.807) is 4.90 Å². The summed E-state index contributed by atoms with van der Waals surface area (Å²) in [6, 6.07) is 12.9. The summed E-state index contributed by atoms with van der Waals surface area (Å²) in [4.78, 5) is 3.73. The summed E-state index contributed by atoms with van der Waals surface area (Å²) < 4.78 is 0. The van der Waals surface area contributed by atoms with Crippen LogP contribution in [0.3, 0.4) is 0 Å². The molecule has 0 spiro atoms. The maximum absolute atomic E-state index is 2.46. The Balaban J connectivity index is 1.50. The van der Waals surface area contributed by atoms with Gasteiger partial charge in [0.25, 0.3) is 0 Å². The molecule has 1 aliphatic heterocycles. The zero-order valence-corrected chi connectivity index (χ0v) is 15.2. The SMILES string of the molecule is CC[NH+](Cc1ccccc1)C1CC[NH+]([C@H]2CCC[C@H](C)C2)CC1. The molecule has 0 radical (unpaired) electrons. The van der Waals surface area contributed by atoms with Gasteiger partial charge in [0.05, 0.1) is 31.7 Å². The molecule has 23 heavy (non-hydrogen) atoms. The summed E-state index contributed by atoms with van der Waals surface area (Å²) >= 11 is 0. The average molecular weight is 317 g/mol. The second-order valence-corrected chi connectivity index (χ2v) is 8.08. The maximum atomic E-state index is 2.46. The van der Waals surface area contributed by atoms with Crippen molar-refractivity contribution >= 4 is 0 Å². The van der Waals surface area contributed by atoms with Crippen molar-refractivity contribution in [3.63, 3.8) is 0 Å². The molecule has 2 N–H and O–H groups in total. The highest BCUT2D eigenvalue weighted by Crippen LogP contribution is 2.22. The number of quaternary nitrogens is 2. The van der Waals surface area contributed by atoms with E-state index in [9.17, 15) is 0 Å². The van der Waals surface area contributed by atoms with Crippen LogP contribution in [0.15, 0.2) is 30.3 Å². The molecule has 2 aliphatic rings. The molecular weight excluding hydrogens is 280 g/mol. The fourth-order valence-electron chi connectivity index (χ4n) is 5.03. The Kier molecular flexibility index (Phi) is 6.13. The fourth-order valence-corrected chi connectivity index (χ4v) is 5.03. The second kappa shape index (κ2) is 8.30. The summed E-state index contributed by atoms with van der Waals surface area (Å²) in [6.45, 7) is 10.1. The number of nitrogens with one attached hydrogen (secondary N) is 2. The van der Waals surface area contributed by atoms with Crippen molar-refractivity contribution in [2.45, 2.75) is 71.0 Å².